The van der Waals surface area contributed by atoms with Gasteiger partial charge in [0.2, 0.25) is 0 Å². The number of carbonyl (C=O) groups is 1. The van der Waals surface area contributed by atoms with Gasteiger partial charge in [0, 0.05) is 44.8 Å². The number of anilines is 3. The minimum atomic E-state index is -0.167. The summed E-state index contributed by atoms with van der Waals surface area (Å²) >= 11 is 0. The fraction of sp³-hybridized carbons (Fsp3) is 0.333. The van der Waals surface area contributed by atoms with E-state index in [9.17, 15) is 4.79 Å². The van der Waals surface area contributed by atoms with Crippen LogP contribution < -0.4 is 15.5 Å². The van der Waals surface area contributed by atoms with Gasteiger partial charge >= 0.3 is 0 Å². The van der Waals surface area contributed by atoms with Gasteiger partial charge in [-0.3, -0.25) is 4.79 Å². The van der Waals surface area contributed by atoms with Crippen molar-refractivity contribution in [1.29, 1.82) is 0 Å². The molecule has 0 aliphatic carbocycles. The molecule has 1 amide bonds. The topological polar surface area (TPSA) is 60.5 Å². The minimum absolute atomic E-state index is 0.167. The first-order valence-electron chi connectivity index (χ1n) is 7.89. The number of rotatable bonds is 7. The number of hydrogen-bond acceptors (Lipinski definition) is 5. The Morgan fingerprint density at radius 2 is 1.75 bits per heavy atom. The lowest BCUT2D eigenvalue weighted by atomic mass is 10.2. The zero-order chi connectivity index (χ0) is 17.5. The van der Waals surface area contributed by atoms with Crippen LogP contribution in [0.5, 0.6) is 0 Å². The molecule has 6 heteroatoms. The average molecular weight is 327 g/mol. The lowest BCUT2D eigenvalue weighted by molar-refractivity contribution is 0.102. The molecule has 0 saturated heterocycles. The van der Waals surface area contributed by atoms with Gasteiger partial charge in [0.15, 0.2) is 0 Å². The summed E-state index contributed by atoms with van der Waals surface area (Å²) in [7, 11) is 8.00. The molecule has 1 heterocycles. The molecule has 0 atom stereocenters. The van der Waals surface area contributed by atoms with E-state index in [4.69, 9.17) is 0 Å². The predicted molar refractivity (Wildman–Crippen MR) is 100 cm³/mol. The molecule has 6 nitrogen and oxygen atoms in total. The van der Waals surface area contributed by atoms with Gasteiger partial charge in [-0.2, -0.15) is 0 Å². The van der Waals surface area contributed by atoms with Crippen molar-refractivity contribution in [2.45, 2.75) is 0 Å². The molecular weight excluding hydrogens is 302 g/mol. The van der Waals surface area contributed by atoms with Crippen molar-refractivity contribution in [1.82, 2.24) is 9.88 Å². The average Bonchev–Trinajstić information content (AvgIpc) is 2.55. The highest BCUT2D eigenvalue weighted by Crippen LogP contribution is 2.16. The number of likely N-dealkylation sites (N-methyl/N-ethyl adjacent to an activating group) is 1. The van der Waals surface area contributed by atoms with E-state index in [0.29, 0.717) is 5.56 Å². The molecule has 0 saturated carbocycles. The van der Waals surface area contributed by atoms with Crippen LogP contribution in [-0.2, 0) is 0 Å². The molecule has 0 spiro atoms. The number of nitrogens with zero attached hydrogens (tertiary/aromatic N) is 3. The van der Waals surface area contributed by atoms with E-state index in [1.807, 2.05) is 63.4 Å². The van der Waals surface area contributed by atoms with E-state index in [1.54, 1.807) is 12.3 Å². The molecule has 0 fully saturated rings. The van der Waals surface area contributed by atoms with Gasteiger partial charge in [-0.15, -0.1) is 0 Å². The lowest BCUT2D eigenvalue weighted by Crippen LogP contribution is -2.21. The Balaban J connectivity index is 1.92. The van der Waals surface area contributed by atoms with Gasteiger partial charge in [-0.05, 0) is 50.5 Å². The minimum Gasteiger partial charge on any atom is -0.378 e. The van der Waals surface area contributed by atoms with Crippen molar-refractivity contribution in [3.63, 3.8) is 0 Å². The molecule has 1 aromatic carbocycles. The van der Waals surface area contributed by atoms with Gasteiger partial charge in [-0.25, -0.2) is 4.98 Å². The van der Waals surface area contributed by atoms with Crippen molar-refractivity contribution in [3.8, 4) is 0 Å². The summed E-state index contributed by atoms with van der Waals surface area (Å²) in [6.45, 7) is 1.73. The number of nitrogens with one attached hydrogen (secondary N) is 2. The summed E-state index contributed by atoms with van der Waals surface area (Å²) in [4.78, 5) is 20.6. The molecule has 2 rings (SSSR count). The highest BCUT2D eigenvalue weighted by molar-refractivity contribution is 6.04. The van der Waals surface area contributed by atoms with E-state index in [0.717, 1.165) is 30.3 Å². The Bertz CT molecular complexity index is 650. The van der Waals surface area contributed by atoms with E-state index < -0.39 is 0 Å². The first-order valence-corrected chi connectivity index (χ1v) is 7.89. The van der Waals surface area contributed by atoms with Gasteiger partial charge in [0.05, 0.1) is 5.56 Å². The molecule has 2 N–H and O–H groups in total. The molecule has 0 aliphatic heterocycles. The van der Waals surface area contributed by atoms with Crippen LogP contribution in [-0.4, -0.2) is 57.1 Å². The first-order chi connectivity index (χ1) is 11.5. The van der Waals surface area contributed by atoms with Crippen molar-refractivity contribution < 1.29 is 4.79 Å². The third-order valence-electron chi connectivity index (χ3n) is 3.53. The highest BCUT2D eigenvalue weighted by Gasteiger charge is 2.07. The monoisotopic (exact) mass is 327 g/mol. The van der Waals surface area contributed by atoms with Crippen LogP contribution in [0.2, 0.25) is 0 Å². The van der Waals surface area contributed by atoms with Crippen LogP contribution in [0, 0.1) is 0 Å². The SMILES string of the molecule is CN(C)CCNc1ccc(C(=O)Nc2ccc(N(C)C)cc2)cn1. The maximum atomic E-state index is 12.3. The van der Waals surface area contributed by atoms with Gasteiger partial charge in [0.25, 0.3) is 5.91 Å². The summed E-state index contributed by atoms with van der Waals surface area (Å²) in [5.74, 6) is 0.601. The molecular formula is C18H25N5O. The molecule has 0 aliphatic rings. The van der Waals surface area contributed by atoms with Gasteiger partial charge in [0.1, 0.15) is 5.82 Å². The van der Waals surface area contributed by atoms with E-state index in [2.05, 4.69) is 20.5 Å². The summed E-state index contributed by atoms with van der Waals surface area (Å²) < 4.78 is 0. The van der Waals surface area contributed by atoms with Gasteiger partial charge < -0.3 is 20.4 Å². The summed E-state index contributed by atoms with van der Waals surface area (Å²) in [6.07, 6.45) is 1.58. The van der Waals surface area contributed by atoms with E-state index >= 15 is 0 Å². The van der Waals surface area contributed by atoms with E-state index in [1.165, 1.54) is 0 Å². The second kappa shape index (κ2) is 8.31. The second-order valence-electron chi connectivity index (χ2n) is 6.06. The third-order valence-corrected chi connectivity index (χ3v) is 3.53. The maximum absolute atomic E-state index is 12.3. The molecule has 0 radical (unpaired) electrons. The van der Waals surface area contributed by atoms with Crippen LogP contribution >= 0.6 is 0 Å². The van der Waals surface area contributed by atoms with Crippen LogP contribution in [0.25, 0.3) is 0 Å². The van der Waals surface area contributed by atoms with Crippen LogP contribution in [0.3, 0.4) is 0 Å². The molecule has 1 aromatic heterocycles. The number of hydrogen-bond donors (Lipinski definition) is 2. The number of pyridine rings is 1. The number of amides is 1. The van der Waals surface area contributed by atoms with E-state index in [-0.39, 0.29) is 5.91 Å². The predicted octanol–water partition coefficient (Wildman–Crippen LogP) is 2.37. The smallest absolute Gasteiger partial charge is 0.257 e. The largest absolute Gasteiger partial charge is 0.378 e. The first kappa shape index (κ1) is 17.7. The second-order valence-corrected chi connectivity index (χ2v) is 6.06. The van der Waals surface area contributed by atoms with Crippen molar-refractivity contribution in [2.24, 2.45) is 0 Å². The molecule has 24 heavy (non-hydrogen) atoms. The lowest BCUT2D eigenvalue weighted by Gasteiger charge is -2.13. The number of carbonyl (C=O) groups excluding carboxylic acids is 1. The number of aromatic nitrogens is 1. The molecule has 0 bridgehead atoms. The van der Waals surface area contributed by atoms with Crippen molar-refractivity contribution in [3.05, 3.63) is 48.2 Å². The van der Waals surface area contributed by atoms with Crippen LogP contribution in [0.4, 0.5) is 17.2 Å². The van der Waals surface area contributed by atoms with Crippen molar-refractivity contribution >= 4 is 23.1 Å². The fourth-order valence-electron chi connectivity index (χ4n) is 2.09. The van der Waals surface area contributed by atoms with Crippen molar-refractivity contribution in [2.75, 3.05) is 56.8 Å². The summed E-state index contributed by atoms with van der Waals surface area (Å²) in [6, 6.07) is 11.3. The Morgan fingerprint density at radius 1 is 1.04 bits per heavy atom. The highest BCUT2D eigenvalue weighted by atomic mass is 16.1. The summed E-state index contributed by atoms with van der Waals surface area (Å²) in [5, 5.41) is 6.10. The standard InChI is InChI=1S/C18H25N5O/c1-22(2)12-11-19-17-10-5-14(13-20-17)18(24)21-15-6-8-16(9-7-15)23(3)4/h5-10,13H,11-12H2,1-4H3,(H,19,20)(H,21,24). The zero-order valence-electron chi connectivity index (χ0n) is 14.7. The van der Waals surface area contributed by atoms with Crippen LogP contribution in [0.1, 0.15) is 10.4 Å². The quantitative estimate of drug-likeness (QED) is 0.817. The van der Waals surface area contributed by atoms with Crippen LogP contribution in [0.15, 0.2) is 42.6 Å². The number of benzene rings is 1. The normalized spacial score (nSPS) is 10.5. The molecule has 128 valence electrons. The molecule has 2 aromatic rings. The Labute approximate surface area is 143 Å². The Hall–Kier alpha value is -2.60. The Kier molecular flexibility index (Phi) is 6.14. The third kappa shape index (κ3) is 5.24. The fourth-order valence-corrected chi connectivity index (χ4v) is 2.09. The zero-order valence-corrected chi connectivity index (χ0v) is 14.7. The molecule has 0 unspecified atom stereocenters. The maximum Gasteiger partial charge on any atom is 0.257 e. The summed E-state index contributed by atoms with van der Waals surface area (Å²) in [5.41, 5.74) is 2.38. The Morgan fingerprint density at radius 3 is 2.29 bits per heavy atom. The van der Waals surface area contributed by atoms with Gasteiger partial charge in [-0.1, -0.05) is 0 Å².